The molecule has 1 aliphatic rings. The van der Waals surface area contributed by atoms with E-state index in [0.717, 1.165) is 11.3 Å². The third kappa shape index (κ3) is 3.76. The summed E-state index contributed by atoms with van der Waals surface area (Å²) < 4.78 is 27.8. The van der Waals surface area contributed by atoms with Crippen molar-refractivity contribution in [1.29, 1.82) is 0 Å². The number of sulfone groups is 1. The molecule has 1 aromatic heterocycles. The average molecular weight is 439 g/mol. The van der Waals surface area contributed by atoms with E-state index in [9.17, 15) is 13.2 Å². The van der Waals surface area contributed by atoms with Gasteiger partial charge in [-0.2, -0.15) is 0 Å². The van der Waals surface area contributed by atoms with E-state index >= 15 is 0 Å². The molecule has 1 amide bonds. The van der Waals surface area contributed by atoms with Gasteiger partial charge in [0.25, 0.3) is 0 Å². The lowest BCUT2D eigenvalue weighted by Gasteiger charge is -2.28. The third-order valence-electron chi connectivity index (χ3n) is 6.03. The lowest BCUT2D eigenvalue weighted by molar-refractivity contribution is -0.123. The summed E-state index contributed by atoms with van der Waals surface area (Å²) in [6, 6.07) is 14.9. The minimum Gasteiger partial charge on any atom is -0.347 e. The van der Waals surface area contributed by atoms with Gasteiger partial charge in [0.15, 0.2) is 20.4 Å². The van der Waals surface area contributed by atoms with E-state index in [1.165, 1.54) is 0 Å². The van der Waals surface area contributed by atoms with Gasteiger partial charge in [0.05, 0.1) is 11.4 Å². The highest BCUT2D eigenvalue weighted by atomic mass is 32.2. The summed E-state index contributed by atoms with van der Waals surface area (Å²) in [5.74, 6) is 0.0744. The molecule has 1 saturated carbocycles. The van der Waals surface area contributed by atoms with Gasteiger partial charge in [-0.1, -0.05) is 43.2 Å². The van der Waals surface area contributed by atoms with E-state index in [4.69, 9.17) is 0 Å². The smallest absolute Gasteiger partial charge is 0.242 e. The standard InChI is InChI=1S/C23H26N4O3S/c1-17-10-11-18(2)20(14-17)31(29,30)23(12-6-7-13-23)22(28)24-15-21-26-25-16-27(21)19-8-4-3-5-9-19/h3-5,8-11,14,16H,6-7,12-13,15H2,1-2H3,(H,24,28). The summed E-state index contributed by atoms with van der Waals surface area (Å²) in [5, 5.41) is 10.9. The molecule has 1 N–H and O–H groups in total. The summed E-state index contributed by atoms with van der Waals surface area (Å²) in [6.45, 7) is 3.73. The Morgan fingerprint density at radius 2 is 1.81 bits per heavy atom. The van der Waals surface area contributed by atoms with E-state index in [2.05, 4.69) is 15.5 Å². The number of rotatable bonds is 6. The van der Waals surface area contributed by atoms with E-state index in [-0.39, 0.29) is 11.4 Å². The first-order valence-electron chi connectivity index (χ1n) is 10.4. The van der Waals surface area contributed by atoms with Crippen LogP contribution in [-0.2, 0) is 21.2 Å². The van der Waals surface area contributed by atoms with Gasteiger partial charge in [0, 0.05) is 5.69 Å². The van der Waals surface area contributed by atoms with Crippen LogP contribution in [0.5, 0.6) is 0 Å². The first kappa shape index (κ1) is 21.2. The van der Waals surface area contributed by atoms with Crippen LogP contribution in [-0.4, -0.2) is 33.8 Å². The Labute approximate surface area is 182 Å². The quantitative estimate of drug-likeness (QED) is 0.637. The molecule has 0 spiro atoms. The second-order valence-corrected chi connectivity index (χ2v) is 10.3. The number of aryl methyl sites for hydroxylation is 2. The zero-order valence-electron chi connectivity index (χ0n) is 17.7. The molecule has 162 valence electrons. The molecule has 0 bridgehead atoms. The van der Waals surface area contributed by atoms with Crippen molar-refractivity contribution < 1.29 is 13.2 Å². The first-order chi connectivity index (χ1) is 14.8. The second kappa shape index (κ2) is 8.26. The summed E-state index contributed by atoms with van der Waals surface area (Å²) in [4.78, 5) is 13.6. The monoisotopic (exact) mass is 438 g/mol. The largest absolute Gasteiger partial charge is 0.347 e. The summed E-state index contributed by atoms with van der Waals surface area (Å²) >= 11 is 0. The van der Waals surface area contributed by atoms with Crippen LogP contribution in [0.4, 0.5) is 0 Å². The Morgan fingerprint density at radius 1 is 1.10 bits per heavy atom. The van der Waals surface area contributed by atoms with Crippen LogP contribution >= 0.6 is 0 Å². The number of carbonyl (C=O) groups excluding carboxylic acids is 1. The normalized spacial score (nSPS) is 15.7. The molecule has 7 nitrogen and oxygen atoms in total. The molecule has 0 radical (unpaired) electrons. The van der Waals surface area contributed by atoms with Crippen molar-refractivity contribution in [3.05, 3.63) is 71.8 Å². The molecule has 4 rings (SSSR count). The van der Waals surface area contributed by atoms with Crippen LogP contribution in [0.2, 0.25) is 0 Å². The molecule has 0 atom stereocenters. The SMILES string of the molecule is Cc1ccc(C)c(S(=O)(=O)C2(C(=O)NCc3nncn3-c3ccccc3)CCCC2)c1. The molecule has 8 heteroatoms. The van der Waals surface area contributed by atoms with Crippen LogP contribution in [0.1, 0.15) is 42.6 Å². The van der Waals surface area contributed by atoms with Crippen LogP contribution in [0.25, 0.3) is 5.69 Å². The summed E-state index contributed by atoms with van der Waals surface area (Å²) in [7, 11) is -3.86. The van der Waals surface area contributed by atoms with Gasteiger partial charge in [-0.3, -0.25) is 9.36 Å². The number of benzene rings is 2. The number of aromatic nitrogens is 3. The van der Waals surface area contributed by atoms with Crippen molar-refractivity contribution in [3.8, 4) is 5.69 Å². The topological polar surface area (TPSA) is 93.9 Å². The predicted octanol–water partition coefficient (Wildman–Crippen LogP) is 3.29. The second-order valence-electron chi connectivity index (χ2n) is 8.11. The van der Waals surface area contributed by atoms with E-state index in [1.54, 1.807) is 30.0 Å². The van der Waals surface area contributed by atoms with Crippen molar-refractivity contribution in [2.24, 2.45) is 0 Å². The van der Waals surface area contributed by atoms with Crippen LogP contribution < -0.4 is 5.32 Å². The molecular formula is C23H26N4O3S. The molecule has 0 aliphatic heterocycles. The number of hydrogen-bond acceptors (Lipinski definition) is 5. The minimum absolute atomic E-state index is 0.0950. The number of amides is 1. The maximum Gasteiger partial charge on any atom is 0.242 e. The maximum atomic E-state index is 13.7. The van der Waals surface area contributed by atoms with Crippen molar-refractivity contribution in [2.45, 2.75) is 55.7 Å². The number of hydrogen-bond donors (Lipinski definition) is 1. The van der Waals surface area contributed by atoms with Crippen molar-refractivity contribution in [1.82, 2.24) is 20.1 Å². The molecule has 2 aromatic carbocycles. The van der Waals surface area contributed by atoms with E-state index in [1.807, 2.05) is 43.3 Å². The highest BCUT2D eigenvalue weighted by Crippen LogP contribution is 2.41. The Hall–Kier alpha value is -3.00. The van der Waals surface area contributed by atoms with Gasteiger partial charge in [-0.25, -0.2) is 8.42 Å². The van der Waals surface area contributed by atoms with Crippen LogP contribution in [0.3, 0.4) is 0 Å². The first-order valence-corrected chi connectivity index (χ1v) is 11.9. The van der Waals surface area contributed by atoms with Crippen molar-refractivity contribution in [3.63, 3.8) is 0 Å². The summed E-state index contributed by atoms with van der Waals surface area (Å²) in [6.07, 6.45) is 3.63. The molecule has 31 heavy (non-hydrogen) atoms. The van der Waals surface area contributed by atoms with E-state index < -0.39 is 20.5 Å². The van der Waals surface area contributed by atoms with Gasteiger partial charge >= 0.3 is 0 Å². The van der Waals surface area contributed by atoms with Gasteiger partial charge in [-0.15, -0.1) is 10.2 Å². The highest BCUT2D eigenvalue weighted by molar-refractivity contribution is 7.93. The highest BCUT2D eigenvalue weighted by Gasteiger charge is 2.53. The van der Waals surface area contributed by atoms with Gasteiger partial charge in [0.2, 0.25) is 5.91 Å². The lowest BCUT2D eigenvalue weighted by atomic mass is 10.1. The van der Waals surface area contributed by atoms with Gasteiger partial charge in [-0.05, 0) is 56.0 Å². The van der Waals surface area contributed by atoms with Gasteiger partial charge in [0.1, 0.15) is 6.33 Å². The molecule has 0 saturated heterocycles. The maximum absolute atomic E-state index is 13.7. The molecule has 0 unspecified atom stereocenters. The molecular weight excluding hydrogens is 412 g/mol. The Bertz CT molecular complexity index is 1200. The Morgan fingerprint density at radius 3 is 2.52 bits per heavy atom. The molecule has 1 fully saturated rings. The van der Waals surface area contributed by atoms with Gasteiger partial charge < -0.3 is 5.32 Å². The fourth-order valence-electron chi connectivity index (χ4n) is 4.28. The molecule has 1 heterocycles. The average Bonchev–Trinajstić information content (AvgIpc) is 3.45. The minimum atomic E-state index is -3.86. The molecule has 1 aliphatic carbocycles. The third-order valence-corrected chi connectivity index (χ3v) is 8.67. The fourth-order valence-corrected chi connectivity index (χ4v) is 6.67. The zero-order valence-corrected chi connectivity index (χ0v) is 18.5. The number of para-hydroxylation sites is 1. The lowest BCUT2D eigenvalue weighted by Crippen LogP contribution is -2.50. The summed E-state index contributed by atoms with van der Waals surface area (Å²) in [5.41, 5.74) is 2.39. The zero-order chi connectivity index (χ0) is 22.1. The van der Waals surface area contributed by atoms with Crippen LogP contribution in [0.15, 0.2) is 59.8 Å². The predicted molar refractivity (Wildman–Crippen MR) is 118 cm³/mol. The molecule has 3 aromatic rings. The number of nitrogens with one attached hydrogen (secondary N) is 1. The van der Waals surface area contributed by atoms with E-state index in [0.29, 0.717) is 37.1 Å². The number of nitrogens with zero attached hydrogens (tertiary/aromatic N) is 3. The number of carbonyl (C=O) groups is 1. The fraction of sp³-hybridized carbons (Fsp3) is 0.348. The Kier molecular flexibility index (Phi) is 5.66. The van der Waals surface area contributed by atoms with Crippen molar-refractivity contribution >= 4 is 15.7 Å². The van der Waals surface area contributed by atoms with Crippen molar-refractivity contribution in [2.75, 3.05) is 0 Å². The van der Waals surface area contributed by atoms with Crippen LogP contribution in [0, 0.1) is 13.8 Å². The Balaban J connectivity index is 1.62.